The van der Waals surface area contributed by atoms with E-state index in [0.29, 0.717) is 62.6 Å². The standard InChI is InChI=1S/C30H41F2N3O3/c1-3-29(31,4-2)21-34-18-14-22(15-19-34)20-38-24-12-10-23(11-13-24)25-8-5-6-16-30(25,32)28(37)35-17-7-9-26(35)27(33)36/h5-6,8,10-13,22,26H,3-4,7,9,14-21H2,1-2H3,(H2,33,36)/t26-,30?/m0/s1. The highest BCUT2D eigenvalue weighted by atomic mass is 19.1. The molecule has 0 saturated carbocycles. The molecular weight excluding hydrogens is 488 g/mol. The van der Waals surface area contributed by atoms with E-state index in [1.807, 2.05) is 13.8 Å². The third-order valence-corrected chi connectivity index (χ3v) is 8.54. The molecule has 1 unspecified atom stereocenters. The van der Waals surface area contributed by atoms with E-state index in [1.54, 1.807) is 42.5 Å². The van der Waals surface area contributed by atoms with Crippen LogP contribution in [0.4, 0.5) is 8.78 Å². The molecule has 1 aromatic carbocycles. The molecule has 0 spiro atoms. The van der Waals surface area contributed by atoms with E-state index >= 15 is 4.39 Å². The van der Waals surface area contributed by atoms with Gasteiger partial charge in [0.25, 0.3) is 5.91 Å². The quantitative estimate of drug-likeness (QED) is 0.471. The number of carbonyl (C=O) groups excluding carboxylic acids is 2. The number of allylic oxidation sites excluding steroid dienone is 3. The van der Waals surface area contributed by atoms with Gasteiger partial charge >= 0.3 is 0 Å². The number of likely N-dealkylation sites (tertiary alicyclic amines) is 2. The number of hydrogen-bond donors (Lipinski definition) is 1. The minimum Gasteiger partial charge on any atom is -0.493 e. The number of carbonyl (C=O) groups is 2. The van der Waals surface area contributed by atoms with Crippen LogP contribution in [-0.4, -0.2) is 71.8 Å². The summed E-state index contributed by atoms with van der Waals surface area (Å²) in [4.78, 5) is 28.7. The van der Waals surface area contributed by atoms with Gasteiger partial charge in [0.1, 0.15) is 17.5 Å². The van der Waals surface area contributed by atoms with Crippen molar-refractivity contribution in [3.05, 3.63) is 48.1 Å². The van der Waals surface area contributed by atoms with Crippen molar-refractivity contribution in [2.24, 2.45) is 11.7 Å². The Morgan fingerprint density at radius 2 is 1.79 bits per heavy atom. The minimum absolute atomic E-state index is 0.0867. The fraction of sp³-hybridized carbons (Fsp3) is 0.600. The molecule has 8 heteroatoms. The summed E-state index contributed by atoms with van der Waals surface area (Å²) in [7, 11) is 0. The molecule has 1 aromatic rings. The van der Waals surface area contributed by atoms with Crippen LogP contribution in [0.25, 0.3) is 5.57 Å². The van der Waals surface area contributed by atoms with Crippen LogP contribution in [0, 0.1) is 5.92 Å². The molecule has 2 amide bonds. The van der Waals surface area contributed by atoms with Crippen molar-refractivity contribution in [1.82, 2.24) is 9.80 Å². The number of nitrogens with two attached hydrogens (primary N) is 1. The number of alkyl halides is 2. The Morgan fingerprint density at radius 1 is 1.11 bits per heavy atom. The number of primary amides is 1. The number of halogens is 2. The molecule has 38 heavy (non-hydrogen) atoms. The Kier molecular flexibility index (Phi) is 8.91. The molecular formula is C30H41F2N3O3. The first-order chi connectivity index (χ1) is 18.2. The smallest absolute Gasteiger partial charge is 0.265 e. The van der Waals surface area contributed by atoms with Gasteiger partial charge in [-0.15, -0.1) is 0 Å². The Labute approximate surface area is 224 Å². The highest BCUT2D eigenvalue weighted by molar-refractivity contribution is 6.02. The average Bonchev–Trinajstić information content (AvgIpc) is 3.43. The second-order valence-electron chi connectivity index (χ2n) is 11.0. The maximum atomic E-state index is 16.4. The predicted octanol–water partition coefficient (Wildman–Crippen LogP) is 4.83. The number of piperidine rings is 1. The van der Waals surface area contributed by atoms with Crippen LogP contribution in [0.2, 0.25) is 0 Å². The van der Waals surface area contributed by atoms with Crippen LogP contribution in [0.15, 0.2) is 42.5 Å². The average molecular weight is 530 g/mol. The lowest BCUT2D eigenvalue weighted by Crippen LogP contribution is -2.52. The number of nitrogens with zero attached hydrogens (tertiary/aromatic N) is 2. The first-order valence-corrected chi connectivity index (χ1v) is 14.0. The zero-order valence-electron chi connectivity index (χ0n) is 22.6. The second kappa shape index (κ2) is 12.0. The van der Waals surface area contributed by atoms with E-state index in [-0.39, 0.29) is 12.0 Å². The lowest BCUT2D eigenvalue weighted by molar-refractivity contribution is -0.144. The third-order valence-electron chi connectivity index (χ3n) is 8.54. The van der Waals surface area contributed by atoms with E-state index in [0.717, 1.165) is 25.9 Å². The molecule has 1 aliphatic carbocycles. The Hall–Kier alpha value is -2.74. The van der Waals surface area contributed by atoms with Crippen LogP contribution >= 0.6 is 0 Å². The van der Waals surface area contributed by atoms with Crippen molar-refractivity contribution in [3.63, 3.8) is 0 Å². The van der Waals surface area contributed by atoms with Crippen molar-refractivity contribution >= 4 is 17.4 Å². The van der Waals surface area contributed by atoms with E-state index < -0.39 is 29.2 Å². The lowest BCUT2D eigenvalue weighted by Gasteiger charge is -2.36. The Balaban J connectivity index is 1.34. The van der Waals surface area contributed by atoms with E-state index in [1.165, 1.54) is 4.90 Å². The zero-order chi connectivity index (χ0) is 27.3. The highest BCUT2D eigenvalue weighted by Crippen LogP contribution is 2.40. The van der Waals surface area contributed by atoms with Gasteiger partial charge in [-0.2, -0.15) is 0 Å². The number of hydrogen-bond acceptors (Lipinski definition) is 4. The fourth-order valence-corrected chi connectivity index (χ4v) is 5.83. The summed E-state index contributed by atoms with van der Waals surface area (Å²) in [6.07, 6.45) is 9.04. The molecule has 6 nitrogen and oxygen atoms in total. The summed E-state index contributed by atoms with van der Waals surface area (Å²) in [5.74, 6) is -0.207. The van der Waals surface area contributed by atoms with Gasteiger partial charge in [-0.25, -0.2) is 8.78 Å². The van der Waals surface area contributed by atoms with E-state index in [4.69, 9.17) is 10.5 Å². The lowest BCUT2D eigenvalue weighted by atomic mass is 9.82. The first-order valence-electron chi connectivity index (χ1n) is 14.0. The van der Waals surface area contributed by atoms with Gasteiger partial charge in [0.2, 0.25) is 11.6 Å². The predicted molar refractivity (Wildman–Crippen MR) is 145 cm³/mol. The van der Waals surface area contributed by atoms with Crippen LogP contribution in [-0.2, 0) is 9.59 Å². The summed E-state index contributed by atoms with van der Waals surface area (Å²) in [6, 6.07) is 6.39. The molecule has 2 N–H and O–H groups in total. The Bertz CT molecular complexity index is 1050. The first kappa shape index (κ1) is 28.3. The number of amides is 2. The second-order valence-corrected chi connectivity index (χ2v) is 11.0. The van der Waals surface area contributed by atoms with Gasteiger partial charge < -0.3 is 20.3 Å². The van der Waals surface area contributed by atoms with Crippen molar-refractivity contribution in [1.29, 1.82) is 0 Å². The van der Waals surface area contributed by atoms with Crippen molar-refractivity contribution in [3.8, 4) is 5.75 Å². The molecule has 0 radical (unpaired) electrons. The van der Waals surface area contributed by atoms with Gasteiger partial charge in [-0.05, 0) is 75.2 Å². The van der Waals surface area contributed by atoms with Crippen LogP contribution in [0.3, 0.4) is 0 Å². The minimum atomic E-state index is -2.25. The summed E-state index contributed by atoms with van der Waals surface area (Å²) < 4.78 is 37.1. The summed E-state index contributed by atoms with van der Waals surface area (Å²) in [5, 5.41) is 0. The SMILES string of the molecule is CCC(F)(CC)CN1CCC(COc2ccc(C3=CC=CCC3(F)C(=O)N3CCC[C@H]3C(N)=O)cc2)CC1. The van der Waals surface area contributed by atoms with Gasteiger partial charge in [0.05, 0.1) is 6.61 Å². The van der Waals surface area contributed by atoms with Gasteiger partial charge in [0.15, 0.2) is 0 Å². The van der Waals surface area contributed by atoms with Crippen molar-refractivity contribution < 1.29 is 23.1 Å². The largest absolute Gasteiger partial charge is 0.493 e. The molecule has 0 bridgehead atoms. The zero-order valence-corrected chi connectivity index (χ0v) is 22.6. The van der Waals surface area contributed by atoms with E-state index in [9.17, 15) is 14.0 Å². The molecule has 3 aliphatic rings. The molecule has 2 heterocycles. The third kappa shape index (κ3) is 6.11. The summed E-state index contributed by atoms with van der Waals surface area (Å²) in [6.45, 7) is 6.98. The molecule has 4 rings (SSSR count). The monoisotopic (exact) mass is 529 g/mol. The van der Waals surface area contributed by atoms with Crippen molar-refractivity contribution in [2.45, 2.75) is 76.2 Å². The normalized spacial score (nSPS) is 24.9. The van der Waals surface area contributed by atoms with Gasteiger partial charge in [-0.1, -0.05) is 44.2 Å². The number of ether oxygens (including phenoxy) is 1. The molecule has 2 fully saturated rings. The summed E-state index contributed by atoms with van der Waals surface area (Å²) >= 11 is 0. The van der Waals surface area contributed by atoms with Gasteiger partial charge in [-0.3, -0.25) is 9.59 Å². The topological polar surface area (TPSA) is 75.9 Å². The maximum Gasteiger partial charge on any atom is 0.265 e. The van der Waals surface area contributed by atoms with Gasteiger partial charge in [0, 0.05) is 25.1 Å². The highest BCUT2D eigenvalue weighted by Gasteiger charge is 2.48. The number of rotatable bonds is 10. The maximum absolute atomic E-state index is 16.4. The van der Waals surface area contributed by atoms with Crippen LogP contribution in [0.1, 0.15) is 64.4 Å². The van der Waals surface area contributed by atoms with Crippen molar-refractivity contribution in [2.75, 3.05) is 32.8 Å². The fourth-order valence-electron chi connectivity index (χ4n) is 5.83. The molecule has 2 saturated heterocycles. The number of benzene rings is 1. The van der Waals surface area contributed by atoms with E-state index in [2.05, 4.69) is 4.90 Å². The summed E-state index contributed by atoms with van der Waals surface area (Å²) in [5.41, 5.74) is 2.99. The Morgan fingerprint density at radius 3 is 2.42 bits per heavy atom. The molecule has 2 atom stereocenters. The molecule has 0 aromatic heterocycles. The van der Waals surface area contributed by atoms with Crippen LogP contribution < -0.4 is 10.5 Å². The molecule has 2 aliphatic heterocycles. The molecule has 208 valence electrons. The van der Waals surface area contributed by atoms with Crippen LogP contribution in [0.5, 0.6) is 5.75 Å².